The van der Waals surface area contributed by atoms with Crippen LogP contribution in [0.5, 0.6) is 5.75 Å². The number of ether oxygens (including phenoxy) is 1. The fourth-order valence-corrected chi connectivity index (χ4v) is 6.31. The molecule has 0 fully saturated rings. The maximum atomic E-state index is 13.7. The molecule has 1 aliphatic rings. The van der Waals surface area contributed by atoms with Gasteiger partial charge in [0, 0.05) is 4.88 Å². The Kier molecular flexibility index (Phi) is 4.63. The minimum absolute atomic E-state index is 0.00910. The largest absolute Gasteiger partial charge is 0.497 e. The van der Waals surface area contributed by atoms with Crippen molar-refractivity contribution < 1.29 is 4.74 Å². The molecular formula is C21H22N4O2S2. The Morgan fingerprint density at radius 1 is 1.28 bits per heavy atom. The van der Waals surface area contributed by atoms with Gasteiger partial charge in [0.2, 0.25) is 5.78 Å². The second kappa shape index (κ2) is 7.18. The first-order chi connectivity index (χ1) is 14.1. The quantitative estimate of drug-likeness (QED) is 0.454. The Hall–Kier alpha value is -2.32. The van der Waals surface area contributed by atoms with Crippen molar-refractivity contribution in [3.8, 4) is 11.4 Å². The lowest BCUT2D eigenvalue weighted by Crippen LogP contribution is -2.22. The zero-order valence-corrected chi connectivity index (χ0v) is 18.3. The van der Waals surface area contributed by atoms with Crippen molar-refractivity contribution in [3.63, 3.8) is 0 Å². The maximum absolute atomic E-state index is 13.7. The van der Waals surface area contributed by atoms with E-state index in [-0.39, 0.29) is 5.56 Å². The Labute approximate surface area is 176 Å². The van der Waals surface area contributed by atoms with E-state index in [4.69, 9.17) is 4.74 Å². The number of rotatable bonds is 4. The zero-order chi connectivity index (χ0) is 20.1. The summed E-state index contributed by atoms with van der Waals surface area (Å²) in [6.07, 6.45) is 3.12. The van der Waals surface area contributed by atoms with Gasteiger partial charge >= 0.3 is 0 Å². The summed E-state index contributed by atoms with van der Waals surface area (Å²) in [4.78, 5) is 16.0. The molecule has 0 aliphatic heterocycles. The van der Waals surface area contributed by atoms with Gasteiger partial charge in [0.1, 0.15) is 10.6 Å². The summed E-state index contributed by atoms with van der Waals surface area (Å²) in [7, 11) is 1.64. The van der Waals surface area contributed by atoms with Gasteiger partial charge in [-0.25, -0.2) is 8.97 Å². The van der Waals surface area contributed by atoms with Crippen LogP contribution in [0.2, 0.25) is 0 Å². The van der Waals surface area contributed by atoms with Crippen LogP contribution in [0, 0.1) is 5.92 Å². The summed E-state index contributed by atoms with van der Waals surface area (Å²) in [5, 5.41) is 10.5. The molecule has 0 saturated heterocycles. The fourth-order valence-electron chi connectivity index (χ4n) is 4.09. The molecular weight excluding hydrogens is 404 g/mol. The lowest BCUT2D eigenvalue weighted by molar-refractivity contribution is 0.414. The van der Waals surface area contributed by atoms with Gasteiger partial charge in [-0.2, -0.15) is 0 Å². The van der Waals surface area contributed by atoms with E-state index >= 15 is 0 Å². The molecule has 8 heteroatoms. The SMILES string of the molecule is CCSc1nnc2n(-c3ccc(OC)cc3)c(=O)c3c4c(sc3n12)C[C@H](C)CC4. The molecule has 1 aliphatic carbocycles. The van der Waals surface area contributed by atoms with Gasteiger partial charge in [-0.05, 0) is 60.8 Å². The van der Waals surface area contributed by atoms with Gasteiger partial charge in [0.25, 0.3) is 5.56 Å². The molecule has 0 saturated carbocycles. The minimum atomic E-state index is -0.00910. The highest BCUT2D eigenvalue weighted by atomic mass is 32.2. The summed E-state index contributed by atoms with van der Waals surface area (Å²) >= 11 is 3.39. The van der Waals surface area contributed by atoms with Crippen LogP contribution in [0.4, 0.5) is 0 Å². The Bertz CT molecular complexity index is 1270. The fraction of sp³-hybridized carbons (Fsp3) is 0.381. The van der Waals surface area contributed by atoms with Crippen LogP contribution in [0.1, 0.15) is 30.7 Å². The van der Waals surface area contributed by atoms with Crippen molar-refractivity contribution in [1.82, 2.24) is 19.2 Å². The first kappa shape index (κ1) is 18.7. The van der Waals surface area contributed by atoms with E-state index in [1.54, 1.807) is 34.8 Å². The van der Waals surface area contributed by atoms with Crippen LogP contribution in [-0.2, 0) is 12.8 Å². The van der Waals surface area contributed by atoms with Crippen molar-refractivity contribution in [2.24, 2.45) is 5.92 Å². The van der Waals surface area contributed by atoms with Crippen LogP contribution in [0.25, 0.3) is 21.7 Å². The number of aromatic nitrogens is 4. The average molecular weight is 427 g/mol. The van der Waals surface area contributed by atoms with Crippen molar-refractivity contribution >= 4 is 39.1 Å². The van der Waals surface area contributed by atoms with E-state index in [0.29, 0.717) is 11.7 Å². The molecule has 0 N–H and O–H groups in total. The van der Waals surface area contributed by atoms with Crippen LogP contribution < -0.4 is 10.3 Å². The van der Waals surface area contributed by atoms with Gasteiger partial charge in [-0.1, -0.05) is 25.6 Å². The highest BCUT2D eigenvalue weighted by Gasteiger charge is 2.27. The molecule has 150 valence electrons. The molecule has 1 atom stereocenters. The van der Waals surface area contributed by atoms with Crippen LogP contribution in [0.3, 0.4) is 0 Å². The third kappa shape index (κ3) is 2.88. The number of nitrogens with zero attached hydrogens (tertiary/aromatic N) is 4. The summed E-state index contributed by atoms with van der Waals surface area (Å²) in [5.41, 5.74) is 1.98. The Morgan fingerprint density at radius 3 is 2.79 bits per heavy atom. The molecule has 3 aromatic heterocycles. The van der Waals surface area contributed by atoms with Crippen LogP contribution in [-0.4, -0.2) is 32.0 Å². The van der Waals surface area contributed by atoms with E-state index in [1.165, 1.54) is 10.4 Å². The molecule has 29 heavy (non-hydrogen) atoms. The molecule has 0 unspecified atom stereocenters. The molecule has 3 heterocycles. The maximum Gasteiger partial charge on any atom is 0.268 e. The summed E-state index contributed by atoms with van der Waals surface area (Å²) in [6.45, 7) is 4.39. The highest BCUT2D eigenvalue weighted by Crippen LogP contribution is 2.38. The number of methoxy groups -OCH3 is 1. The first-order valence-electron chi connectivity index (χ1n) is 9.84. The molecule has 0 radical (unpaired) electrons. The highest BCUT2D eigenvalue weighted by molar-refractivity contribution is 7.99. The molecule has 4 aromatic rings. The van der Waals surface area contributed by atoms with E-state index in [1.807, 2.05) is 24.3 Å². The second-order valence-corrected chi connectivity index (χ2v) is 9.74. The van der Waals surface area contributed by atoms with Gasteiger partial charge in [-0.15, -0.1) is 21.5 Å². The van der Waals surface area contributed by atoms with Crippen molar-refractivity contribution in [2.45, 2.75) is 38.3 Å². The van der Waals surface area contributed by atoms with Gasteiger partial charge in [0.05, 0.1) is 18.2 Å². The first-order valence-corrected chi connectivity index (χ1v) is 11.6. The molecule has 6 nitrogen and oxygen atoms in total. The molecule has 0 amide bonds. The number of hydrogen-bond donors (Lipinski definition) is 0. The predicted molar refractivity (Wildman–Crippen MR) is 118 cm³/mol. The number of thioether (sulfide) groups is 1. The van der Waals surface area contributed by atoms with Gasteiger partial charge < -0.3 is 4.74 Å². The average Bonchev–Trinajstić information content (AvgIpc) is 3.30. The van der Waals surface area contributed by atoms with Crippen molar-refractivity contribution in [3.05, 3.63) is 45.1 Å². The molecule has 0 bridgehead atoms. The number of aryl methyl sites for hydroxylation is 1. The van der Waals surface area contributed by atoms with E-state index in [0.717, 1.165) is 51.8 Å². The smallest absolute Gasteiger partial charge is 0.268 e. The van der Waals surface area contributed by atoms with E-state index in [9.17, 15) is 4.79 Å². The second-order valence-electron chi connectivity index (χ2n) is 7.42. The Balaban J connectivity index is 1.88. The zero-order valence-electron chi connectivity index (χ0n) is 16.6. The summed E-state index contributed by atoms with van der Waals surface area (Å²) in [6, 6.07) is 7.53. The standard InChI is InChI=1S/C21H22N4O2S2/c1-4-28-21-23-22-20-24(13-6-8-14(27-3)9-7-13)18(26)17-15-10-5-12(2)11-16(15)29-19(17)25(20)21/h6-9,12H,4-5,10-11H2,1-3H3/t12-/m1/s1. The molecule has 5 rings (SSSR count). The van der Waals surface area contributed by atoms with Gasteiger partial charge in [-0.3, -0.25) is 4.79 Å². The summed E-state index contributed by atoms with van der Waals surface area (Å²) < 4.78 is 9.05. The Morgan fingerprint density at radius 2 is 2.07 bits per heavy atom. The van der Waals surface area contributed by atoms with E-state index in [2.05, 4.69) is 28.4 Å². The van der Waals surface area contributed by atoms with E-state index < -0.39 is 0 Å². The topological polar surface area (TPSA) is 61.4 Å². The third-order valence-electron chi connectivity index (χ3n) is 5.53. The summed E-state index contributed by atoms with van der Waals surface area (Å²) in [5.74, 6) is 2.87. The van der Waals surface area contributed by atoms with Crippen molar-refractivity contribution in [1.29, 1.82) is 0 Å². The van der Waals surface area contributed by atoms with Crippen LogP contribution >= 0.6 is 23.1 Å². The van der Waals surface area contributed by atoms with Crippen molar-refractivity contribution in [2.75, 3.05) is 12.9 Å². The lowest BCUT2D eigenvalue weighted by atomic mass is 9.89. The third-order valence-corrected chi connectivity index (χ3v) is 7.58. The normalized spacial score (nSPS) is 16.4. The minimum Gasteiger partial charge on any atom is -0.497 e. The number of fused-ring (bicyclic) bond motifs is 5. The van der Waals surface area contributed by atoms with Crippen LogP contribution in [0.15, 0.2) is 34.2 Å². The monoisotopic (exact) mass is 426 g/mol. The molecule has 1 aromatic carbocycles. The number of thiophene rings is 1. The van der Waals surface area contributed by atoms with Gasteiger partial charge in [0.15, 0.2) is 5.16 Å². The number of benzene rings is 1. The molecule has 0 spiro atoms. The lowest BCUT2D eigenvalue weighted by Gasteiger charge is -2.17. The number of hydrogen-bond acceptors (Lipinski definition) is 6. The predicted octanol–water partition coefficient (Wildman–Crippen LogP) is 4.34.